The van der Waals surface area contributed by atoms with Gasteiger partial charge in [0.1, 0.15) is 0 Å². The highest BCUT2D eigenvalue weighted by Gasteiger charge is 2.12. The predicted octanol–water partition coefficient (Wildman–Crippen LogP) is -0.982. The van der Waals surface area contributed by atoms with Crippen LogP contribution in [0.1, 0.15) is 12.0 Å². The van der Waals surface area contributed by atoms with Crippen molar-refractivity contribution < 1.29 is 18.0 Å². The van der Waals surface area contributed by atoms with Crippen LogP contribution in [0.4, 0.5) is 0 Å². The maximum absolute atomic E-state index is 11.6. The molecule has 0 bridgehead atoms. The Morgan fingerprint density at radius 3 is 2.17 bits per heavy atom. The van der Waals surface area contributed by atoms with Gasteiger partial charge in [0.2, 0.25) is 10.0 Å². The van der Waals surface area contributed by atoms with Gasteiger partial charge < -0.3 is 15.5 Å². The molecule has 2 amide bonds. The highest BCUT2D eigenvalue weighted by atomic mass is 32.2. The molecule has 0 atom stereocenters. The Morgan fingerprint density at radius 1 is 1.09 bits per heavy atom. The smallest absolute Gasteiger partial charge is 0.309 e. The largest absolute Gasteiger partial charge is 0.348 e. The molecule has 0 aliphatic heterocycles. The zero-order valence-electron chi connectivity index (χ0n) is 13.2. The lowest BCUT2D eigenvalue weighted by atomic mass is 10.2. The lowest BCUT2D eigenvalue weighted by molar-refractivity contribution is -0.139. The third-order valence-corrected chi connectivity index (χ3v) is 3.91. The molecular formula is C14H22N4O4S. The van der Waals surface area contributed by atoms with Crippen molar-refractivity contribution in [2.75, 3.05) is 27.2 Å². The Balaban J connectivity index is 2.39. The molecular weight excluding hydrogens is 320 g/mol. The summed E-state index contributed by atoms with van der Waals surface area (Å²) in [5.41, 5.74) is 0.658. The van der Waals surface area contributed by atoms with E-state index in [4.69, 9.17) is 5.14 Å². The molecule has 9 heteroatoms. The highest BCUT2D eigenvalue weighted by Crippen LogP contribution is 2.08. The number of nitrogens with zero attached hydrogens (tertiary/aromatic N) is 1. The van der Waals surface area contributed by atoms with Crippen molar-refractivity contribution in [3.8, 4) is 0 Å². The summed E-state index contributed by atoms with van der Waals surface area (Å²) in [4.78, 5) is 25.2. The van der Waals surface area contributed by atoms with E-state index in [1.807, 2.05) is 19.0 Å². The monoisotopic (exact) mass is 342 g/mol. The highest BCUT2D eigenvalue weighted by molar-refractivity contribution is 7.89. The summed E-state index contributed by atoms with van der Waals surface area (Å²) < 4.78 is 22.2. The van der Waals surface area contributed by atoms with E-state index in [1.165, 1.54) is 24.3 Å². The first-order chi connectivity index (χ1) is 10.7. The van der Waals surface area contributed by atoms with Gasteiger partial charge in [0.15, 0.2) is 0 Å². The number of sulfonamides is 1. The molecule has 0 unspecified atom stereocenters. The first-order valence-electron chi connectivity index (χ1n) is 7.02. The number of primary sulfonamides is 1. The molecule has 1 aromatic carbocycles. The Bertz CT molecular complexity index is 641. The van der Waals surface area contributed by atoms with Crippen LogP contribution in [0, 0.1) is 0 Å². The van der Waals surface area contributed by atoms with Crippen molar-refractivity contribution in [2.24, 2.45) is 5.14 Å². The normalized spacial score (nSPS) is 11.3. The van der Waals surface area contributed by atoms with Crippen LogP contribution >= 0.6 is 0 Å². The molecule has 4 N–H and O–H groups in total. The maximum atomic E-state index is 11.6. The Hall–Kier alpha value is -1.97. The van der Waals surface area contributed by atoms with E-state index >= 15 is 0 Å². The second kappa shape index (κ2) is 8.61. The first kappa shape index (κ1) is 19.1. The third-order valence-electron chi connectivity index (χ3n) is 2.98. The summed E-state index contributed by atoms with van der Waals surface area (Å²) >= 11 is 0. The summed E-state index contributed by atoms with van der Waals surface area (Å²) in [5.74, 6) is -1.42. The van der Waals surface area contributed by atoms with Crippen LogP contribution in [-0.2, 0) is 26.2 Å². The molecule has 0 radical (unpaired) electrons. The number of hydrogen-bond acceptors (Lipinski definition) is 5. The van der Waals surface area contributed by atoms with Gasteiger partial charge in [-0.3, -0.25) is 9.59 Å². The second-order valence-corrected chi connectivity index (χ2v) is 6.85. The van der Waals surface area contributed by atoms with Crippen LogP contribution in [0.15, 0.2) is 29.2 Å². The minimum atomic E-state index is -3.74. The van der Waals surface area contributed by atoms with Gasteiger partial charge in [-0.1, -0.05) is 12.1 Å². The quantitative estimate of drug-likeness (QED) is 0.434. The van der Waals surface area contributed by atoms with Gasteiger partial charge in [-0.25, -0.2) is 13.6 Å². The molecule has 128 valence electrons. The maximum Gasteiger partial charge on any atom is 0.309 e. The zero-order chi connectivity index (χ0) is 17.5. The van der Waals surface area contributed by atoms with E-state index in [-0.39, 0.29) is 11.4 Å². The average molecular weight is 342 g/mol. The van der Waals surface area contributed by atoms with E-state index in [2.05, 4.69) is 10.6 Å². The third kappa shape index (κ3) is 7.22. The molecule has 23 heavy (non-hydrogen) atoms. The van der Waals surface area contributed by atoms with Crippen molar-refractivity contribution in [1.29, 1.82) is 0 Å². The summed E-state index contributed by atoms with van der Waals surface area (Å²) in [6, 6.07) is 5.74. The van der Waals surface area contributed by atoms with E-state index in [1.54, 1.807) is 0 Å². The predicted molar refractivity (Wildman–Crippen MR) is 85.8 cm³/mol. The van der Waals surface area contributed by atoms with Crippen molar-refractivity contribution in [3.05, 3.63) is 29.8 Å². The molecule has 0 aromatic heterocycles. The average Bonchev–Trinajstić information content (AvgIpc) is 2.48. The fraction of sp³-hybridized carbons (Fsp3) is 0.429. The SMILES string of the molecule is CN(C)CCCNC(=O)C(=O)NCc1ccc(S(N)(=O)=O)cc1. The van der Waals surface area contributed by atoms with Gasteiger partial charge in [-0.05, 0) is 44.8 Å². The van der Waals surface area contributed by atoms with Crippen molar-refractivity contribution in [2.45, 2.75) is 17.9 Å². The molecule has 0 spiro atoms. The minimum absolute atomic E-state index is 0.00814. The number of rotatable bonds is 7. The summed E-state index contributed by atoms with van der Waals surface area (Å²) in [6.45, 7) is 1.36. The number of nitrogens with one attached hydrogen (secondary N) is 2. The fourth-order valence-corrected chi connectivity index (χ4v) is 2.25. The van der Waals surface area contributed by atoms with Gasteiger partial charge in [0, 0.05) is 13.1 Å². The van der Waals surface area contributed by atoms with Crippen LogP contribution in [-0.4, -0.2) is 52.3 Å². The van der Waals surface area contributed by atoms with Gasteiger partial charge in [0.25, 0.3) is 0 Å². The summed E-state index contributed by atoms with van der Waals surface area (Å²) in [5, 5.41) is 9.99. The first-order valence-corrected chi connectivity index (χ1v) is 8.57. The molecule has 0 saturated carbocycles. The van der Waals surface area contributed by atoms with Crippen LogP contribution in [0.5, 0.6) is 0 Å². The Kier molecular flexibility index (Phi) is 7.14. The standard InChI is InChI=1S/C14H22N4O4S/c1-18(2)9-3-8-16-13(19)14(20)17-10-11-4-6-12(7-5-11)23(15,21)22/h4-7H,3,8-10H2,1-2H3,(H,16,19)(H,17,20)(H2,15,21,22). The lowest BCUT2D eigenvalue weighted by Gasteiger charge is -2.10. The molecule has 0 aliphatic carbocycles. The van der Waals surface area contributed by atoms with E-state index in [9.17, 15) is 18.0 Å². The van der Waals surface area contributed by atoms with E-state index in [0.717, 1.165) is 13.0 Å². The minimum Gasteiger partial charge on any atom is -0.348 e. The number of carbonyl (C=O) groups excluding carboxylic acids is 2. The molecule has 0 saturated heterocycles. The van der Waals surface area contributed by atoms with E-state index in [0.29, 0.717) is 12.1 Å². The van der Waals surface area contributed by atoms with Crippen molar-refractivity contribution in [1.82, 2.24) is 15.5 Å². The van der Waals surface area contributed by atoms with Gasteiger partial charge >= 0.3 is 11.8 Å². The molecule has 0 aliphatic rings. The number of hydrogen-bond donors (Lipinski definition) is 3. The van der Waals surface area contributed by atoms with Crippen molar-refractivity contribution >= 4 is 21.8 Å². The molecule has 1 aromatic rings. The topological polar surface area (TPSA) is 122 Å². The van der Waals surface area contributed by atoms with Crippen LogP contribution < -0.4 is 15.8 Å². The molecule has 0 heterocycles. The number of nitrogens with two attached hydrogens (primary N) is 1. The number of amides is 2. The number of carbonyl (C=O) groups is 2. The summed E-state index contributed by atoms with van der Waals surface area (Å²) in [6.07, 6.45) is 0.751. The fourth-order valence-electron chi connectivity index (χ4n) is 1.74. The molecule has 1 rings (SSSR count). The van der Waals surface area contributed by atoms with Crippen LogP contribution in [0.25, 0.3) is 0 Å². The zero-order valence-corrected chi connectivity index (χ0v) is 14.0. The number of benzene rings is 1. The van der Waals surface area contributed by atoms with E-state index < -0.39 is 21.8 Å². The molecule has 0 fully saturated rings. The Morgan fingerprint density at radius 2 is 1.65 bits per heavy atom. The lowest BCUT2D eigenvalue weighted by Crippen LogP contribution is -2.40. The second-order valence-electron chi connectivity index (χ2n) is 5.28. The van der Waals surface area contributed by atoms with Gasteiger partial charge in [-0.2, -0.15) is 0 Å². The van der Waals surface area contributed by atoms with Gasteiger partial charge in [-0.15, -0.1) is 0 Å². The summed E-state index contributed by atoms with van der Waals surface area (Å²) in [7, 11) is 0.114. The van der Waals surface area contributed by atoms with Gasteiger partial charge in [0.05, 0.1) is 4.90 Å². The van der Waals surface area contributed by atoms with Crippen LogP contribution in [0.2, 0.25) is 0 Å². The Labute approximate surface area is 136 Å². The van der Waals surface area contributed by atoms with Crippen LogP contribution in [0.3, 0.4) is 0 Å². The van der Waals surface area contributed by atoms with Crippen molar-refractivity contribution in [3.63, 3.8) is 0 Å². The molecule has 8 nitrogen and oxygen atoms in total.